The van der Waals surface area contributed by atoms with E-state index in [0.717, 1.165) is 12.8 Å². The molecule has 2 rings (SSSR count). The molecule has 1 aliphatic rings. The molecule has 0 spiro atoms. The third-order valence-corrected chi connectivity index (χ3v) is 2.80. The Morgan fingerprint density at radius 3 is 3.00 bits per heavy atom. The van der Waals surface area contributed by atoms with Crippen molar-refractivity contribution in [3.63, 3.8) is 0 Å². The van der Waals surface area contributed by atoms with Crippen molar-refractivity contribution in [1.29, 1.82) is 0 Å². The van der Waals surface area contributed by atoms with Crippen LogP contribution in [0.2, 0.25) is 0 Å². The Balaban J connectivity index is 2.44. The molecular weight excluding hydrogens is 160 g/mol. The number of hydrogen-bond donors (Lipinski definition) is 1. The standard InChI is InChI=1S/C12H14O/c1-8(2)11-5-3-9-7-10(13)4-6-12(9)11/h4,6-7,11,13H,1,3,5H2,2H3. The van der Waals surface area contributed by atoms with Crippen LogP contribution in [0.15, 0.2) is 30.4 Å². The molecule has 1 nitrogen and oxygen atoms in total. The first-order valence-corrected chi connectivity index (χ1v) is 4.65. The van der Waals surface area contributed by atoms with Crippen LogP contribution in [0.1, 0.15) is 30.4 Å². The fraction of sp³-hybridized carbons (Fsp3) is 0.333. The highest BCUT2D eigenvalue weighted by atomic mass is 16.3. The number of aryl methyl sites for hydroxylation is 1. The summed E-state index contributed by atoms with van der Waals surface area (Å²) < 4.78 is 0. The third kappa shape index (κ3) is 1.35. The lowest BCUT2D eigenvalue weighted by Gasteiger charge is -2.10. The summed E-state index contributed by atoms with van der Waals surface area (Å²) >= 11 is 0. The van der Waals surface area contributed by atoms with Crippen LogP contribution in [-0.2, 0) is 6.42 Å². The lowest BCUT2D eigenvalue weighted by molar-refractivity contribution is 0.474. The Morgan fingerprint density at radius 1 is 1.54 bits per heavy atom. The smallest absolute Gasteiger partial charge is 0.115 e. The minimum atomic E-state index is 0.376. The second-order valence-corrected chi connectivity index (χ2v) is 3.82. The number of benzene rings is 1. The average Bonchev–Trinajstić information content (AvgIpc) is 2.46. The summed E-state index contributed by atoms with van der Waals surface area (Å²) in [4.78, 5) is 0. The largest absolute Gasteiger partial charge is 0.508 e. The van der Waals surface area contributed by atoms with Gasteiger partial charge in [0.2, 0.25) is 0 Å². The number of aromatic hydroxyl groups is 1. The van der Waals surface area contributed by atoms with Gasteiger partial charge in [-0.15, -0.1) is 0 Å². The van der Waals surface area contributed by atoms with Gasteiger partial charge >= 0.3 is 0 Å². The summed E-state index contributed by atoms with van der Waals surface area (Å²) in [5, 5.41) is 9.30. The first-order chi connectivity index (χ1) is 6.18. The number of allylic oxidation sites excluding steroid dienone is 1. The zero-order valence-corrected chi connectivity index (χ0v) is 7.88. The Hall–Kier alpha value is -1.24. The van der Waals surface area contributed by atoms with Crippen LogP contribution in [-0.4, -0.2) is 5.11 Å². The average molecular weight is 174 g/mol. The molecule has 0 saturated carbocycles. The van der Waals surface area contributed by atoms with Crippen molar-refractivity contribution in [1.82, 2.24) is 0 Å². The second kappa shape index (κ2) is 2.91. The van der Waals surface area contributed by atoms with Crippen LogP contribution >= 0.6 is 0 Å². The van der Waals surface area contributed by atoms with Crippen LogP contribution in [0, 0.1) is 0 Å². The predicted molar refractivity (Wildman–Crippen MR) is 54.0 cm³/mol. The van der Waals surface area contributed by atoms with Gasteiger partial charge in [0, 0.05) is 5.92 Å². The van der Waals surface area contributed by atoms with E-state index in [1.165, 1.54) is 16.7 Å². The molecule has 0 aromatic heterocycles. The molecule has 1 atom stereocenters. The molecule has 1 aromatic rings. The number of fused-ring (bicyclic) bond motifs is 1. The molecule has 0 heterocycles. The van der Waals surface area contributed by atoms with E-state index in [2.05, 4.69) is 13.5 Å². The van der Waals surface area contributed by atoms with Crippen LogP contribution in [0.3, 0.4) is 0 Å². The van der Waals surface area contributed by atoms with E-state index in [4.69, 9.17) is 0 Å². The quantitative estimate of drug-likeness (QED) is 0.649. The maximum Gasteiger partial charge on any atom is 0.115 e. The second-order valence-electron chi connectivity index (χ2n) is 3.82. The zero-order chi connectivity index (χ0) is 9.42. The molecule has 0 amide bonds. The van der Waals surface area contributed by atoms with Gasteiger partial charge in [-0.25, -0.2) is 0 Å². The summed E-state index contributed by atoms with van der Waals surface area (Å²) in [5.41, 5.74) is 3.86. The molecule has 1 aromatic carbocycles. The van der Waals surface area contributed by atoms with Crippen molar-refractivity contribution in [2.24, 2.45) is 0 Å². The van der Waals surface area contributed by atoms with Crippen LogP contribution < -0.4 is 0 Å². The monoisotopic (exact) mass is 174 g/mol. The molecule has 1 aliphatic carbocycles. The predicted octanol–water partition coefficient (Wildman–Crippen LogP) is 3.00. The van der Waals surface area contributed by atoms with Crippen LogP contribution in [0.25, 0.3) is 0 Å². The van der Waals surface area contributed by atoms with E-state index in [-0.39, 0.29) is 0 Å². The highest BCUT2D eigenvalue weighted by molar-refractivity contribution is 5.43. The number of phenols is 1. The summed E-state index contributed by atoms with van der Waals surface area (Å²) in [6.45, 7) is 6.07. The lowest BCUT2D eigenvalue weighted by atomic mass is 9.95. The van der Waals surface area contributed by atoms with E-state index in [9.17, 15) is 5.11 Å². The molecular formula is C12H14O. The molecule has 1 N–H and O–H groups in total. The minimum Gasteiger partial charge on any atom is -0.508 e. The Labute approximate surface area is 78.7 Å². The van der Waals surface area contributed by atoms with Gasteiger partial charge in [-0.05, 0) is 43.0 Å². The summed E-state index contributed by atoms with van der Waals surface area (Å²) in [7, 11) is 0. The van der Waals surface area contributed by atoms with Gasteiger partial charge < -0.3 is 5.11 Å². The lowest BCUT2D eigenvalue weighted by Crippen LogP contribution is -1.92. The van der Waals surface area contributed by atoms with E-state index < -0.39 is 0 Å². The van der Waals surface area contributed by atoms with Crippen molar-refractivity contribution in [3.05, 3.63) is 41.5 Å². The minimum absolute atomic E-state index is 0.376. The first-order valence-electron chi connectivity index (χ1n) is 4.65. The number of rotatable bonds is 1. The molecule has 1 heteroatoms. The summed E-state index contributed by atoms with van der Waals surface area (Å²) in [6.07, 6.45) is 2.22. The molecule has 13 heavy (non-hydrogen) atoms. The first kappa shape index (κ1) is 8.36. The van der Waals surface area contributed by atoms with E-state index in [0.29, 0.717) is 11.7 Å². The van der Waals surface area contributed by atoms with Gasteiger partial charge in [0.05, 0.1) is 0 Å². The molecule has 0 fully saturated rings. The molecule has 0 saturated heterocycles. The molecule has 1 unspecified atom stereocenters. The maximum atomic E-state index is 9.30. The highest BCUT2D eigenvalue weighted by Gasteiger charge is 2.22. The molecule has 0 bridgehead atoms. The van der Waals surface area contributed by atoms with E-state index in [1.807, 2.05) is 12.1 Å². The summed E-state index contributed by atoms with van der Waals surface area (Å²) in [6, 6.07) is 5.66. The van der Waals surface area contributed by atoms with Gasteiger partial charge in [0.15, 0.2) is 0 Å². The molecule has 0 aliphatic heterocycles. The summed E-state index contributed by atoms with van der Waals surface area (Å²) in [5.74, 6) is 0.886. The fourth-order valence-electron chi connectivity index (χ4n) is 2.12. The van der Waals surface area contributed by atoms with E-state index >= 15 is 0 Å². The van der Waals surface area contributed by atoms with Gasteiger partial charge in [-0.3, -0.25) is 0 Å². The van der Waals surface area contributed by atoms with Gasteiger partial charge in [-0.1, -0.05) is 18.2 Å². The van der Waals surface area contributed by atoms with Crippen molar-refractivity contribution in [2.75, 3.05) is 0 Å². The van der Waals surface area contributed by atoms with Crippen LogP contribution in [0.4, 0.5) is 0 Å². The fourth-order valence-corrected chi connectivity index (χ4v) is 2.12. The normalized spacial score (nSPS) is 19.9. The highest BCUT2D eigenvalue weighted by Crippen LogP contribution is 2.38. The Bertz CT molecular complexity index is 352. The maximum absolute atomic E-state index is 9.30. The van der Waals surface area contributed by atoms with E-state index in [1.54, 1.807) is 6.07 Å². The Morgan fingerprint density at radius 2 is 2.31 bits per heavy atom. The van der Waals surface area contributed by atoms with Gasteiger partial charge in [-0.2, -0.15) is 0 Å². The topological polar surface area (TPSA) is 20.2 Å². The van der Waals surface area contributed by atoms with Crippen molar-refractivity contribution >= 4 is 0 Å². The number of hydrogen-bond acceptors (Lipinski definition) is 1. The van der Waals surface area contributed by atoms with Crippen LogP contribution in [0.5, 0.6) is 5.75 Å². The van der Waals surface area contributed by atoms with Gasteiger partial charge in [0.25, 0.3) is 0 Å². The zero-order valence-electron chi connectivity index (χ0n) is 7.88. The van der Waals surface area contributed by atoms with Crippen molar-refractivity contribution < 1.29 is 5.11 Å². The SMILES string of the molecule is C=C(C)C1CCc2cc(O)ccc21. The molecule has 68 valence electrons. The Kier molecular flexibility index (Phi) is 1.87. The molecule has 0 radical (unpaired) electrons. The number of phenolic OH excluding ortho intramolecular Hbond substituents is 1. The van der Waals surface area contributed by atoms with Crippen molar-refractivity contribution in [2.45, 2.75) is 25.7 Å². The van der Waals surface area contributed by atoms with Gasteiger partial charge in [0.1, 0.15) is 5.75 Å². The van der Waals surface area contributed by atoms with Crippen molar-refractivity contribution in [3.8, 4) is 5.75 Å². The third-order valence-electron chi connectivity index (χ3n) is 2.80.